The summed E-state index contributed by atoms with van der Waals surface area (Å²) in [4.78, 5) is 16.0. The van der Waals surface area contributed by atoms with Gasteiger partial charge in [0.25, 0.3) is 0 Å². The molecule has 10 nitrogen and oxygen atoms in total. The SMILES string of the molecule is COc1cc2ncc(-c3cc(F)c(OC)c(NCCNC(=O)OC(C)(C)C)c3)n2cc1S(=O)[O-]. The largest absolute Gasteiger partial charge is 0.768 e. The highest BCUT2D eigenvalue weighted by Gasteiger charge is 2.18. The van der Waals surface area contributed by atoms with Crippen LogP contribution >= 0.6 is 0 Å². The van der Waals surface area contributed by atoms with Crippen LogP contribution in [0.15, 0.2) is 35.5 Å². The number of fused-ring (bicyclic) bond motifs is 1. The molecule has 12 heteroatoms. The van der Waals surface area contributed by atoms with Crippen LogP contribution in [0, 0.1) is 5.82 Å². The van der Waals surface area contributed by atoms with E-state index in [9.17, 15) is 17.9 Å². The standard InChI is InChI=1S/C22H27FN4O6S/c1-22(2,3)33-21(28)25-7-6-24-15-9-13(8-14(23)20(15)32-5)16-11-26-19-10-17(31-4)18(34(29)30)12-27(16)19/h8-12,24H,6-7H2,1-5H3,(H,25,28)(H,29,30)/p-1. The van der Waals surface area contributed by atoms with Crippen molar-refractivity contribution in [2.45, 2.75) is 31.3 Å². The summed E-state index contributed by atoms with van der Waals surface area (Å²) in [6, 6.07) is 4.40. The molecule has 0 saturated heterocycles. The van der Waals surface area contributed by atoms with Gasteiger partial charge in [0.1, 0.15) is 17.0 Å². The number of aromatic nitrogens is 2. The van der Waals surface area contributed by atoms with Crippen molar-refractivity contribution < 1.29 is 32.2 Å². The lowest BCUT2D eigenvalue weighted by Crippen LogP contribution is -2.35. The van der Waals surface area contributed by atoms with Gasteiger partial charge in [-0.1, -0.05) is 0 Å². The molecular formula is C22H26FN4O6S-. The van der Waals surface area contributed by atoms with Crippen LogP contribution in [0.2, 0.25) is 0 Å². The number of amides is 1. The van der Waals surface area contributed by atoms with E-state index in [0.717, 1.165) is 0 Å². The zero-order chi connectivity index (χ0) is 25.0. The molecule has 0 radical (unpaired) electrons. The molecule has 3 rings (SSSR count). The number of imidazole rings is 1. The number of carbonyl (C=O) groups excluding carboxylic acids is 1. The van der Waals surface area contributed by atoms with Crippen LogP contribution < -0.4 is 20.1 Å². The number of alkyl carbamates (subject to hydrolysis) is 1. The van der Waals surface area contributed by atoms with E-state index < -0.39 is 28.6 Å². The first kappa shape index (κ1) is 25.2. The van der Waals surface area contributed by atoms with Crippen molar-refractivity contribution in [3.8, 4) is 22.8 Å². The van der Waals surface area contributed by atoms with E-state index in [-0.39, 0.29) is 29.5 Å². The van der Waals surface area contributed by atoms with Crippen LogP contribution in [-0.2, 0) is 15.8 Å². The number of nitrogens with zero attached hydrogens (tertiary/aromatic N) is 2. The van der Waals surface area contributed by atoms with E-state index in [4.69, 9.17) is 14.2 Å². The van der Waals surface area contributed by atoms with Gasteiger partial charge < -0.3 is 29.4 Å². The monoisotopic (exact) mass is 493 g/mol. The molecule has 1 aromatic carbocycles. The molecule has 2 aromatic heterocycles. The lowest BCUT2D eigenvalue weighted by Gasteiger charge is -2.20. The Morgan fingerprint density at radius 1 is 1.21 bits per heavy atom. The minimum Gasteiger partial charge on any atom is -0.768 e. The number of ether oxygens (including phenoxy) is 3. The molecule has 2 N–H and O–H groups in total. The Bertz CT molecular complexity index is 1220. The van der Waals surface area contributed by atoms with E-state index in [1.54, 1.807) is 26.8 Å². The van der Waals surface area contributed by atoms with Crippen LogP contribution in [0.1, 0.15) is 20.8 Å². The molecule has 0 aliphatic heterocycles. The molecule has 34 heavy (non-hydrogen) atoms. The van der Waals surface area contributed by atoms with Gasteiger partial charge in [-0.15, -0.1) is 0 Å². The topological polar surface area (TPSA) is 126 Å². The lowest BCUT2D eigenvalue weighted by atomic mass is 10.1. The fraction of sp³-hybridized carbons (Fsp3) is 0.364. The maximum Gasteiger partial charge on any atom is 0.407 e. The van der Waals surface area contributed by atoms with Gasteiger partial charge in [-0.05, 0) is 44.0 Å². The number of hydrogen-bond donors (Lipinski definition) is 2. The Kier molecular flexibility index (Phi) is 7.62. The van der Waals surface area contributed by atoms with Crippen LogP contribution in [0.5, 0.6) is 11.5 Å². The van der Waals surface area contributed by atoms with Crippen LogP contribution in [-0.4, -0.2) is 57.1 Å². The number of halogens is 1. The van der Waals surface area contributed by atoms with Gasteiger partial charge in [-0.25, -0.2) is 14.2 Å². The van der Waals surface area contributed by atoms with E-state index in [0.29, 0.717) is 22.6 Å². The number of anilines is 1. The van der Waals surface area contributed by atoms with Crippen LogP contribution in [0.3, 0.4) is 0 Å². The molecule has 0 saturated carbocycles. The third-order valence-electron chi connectivity index (χ3n) is 4.63. The number of nitrogens with one attached hydrogen (secondary N) is 2. The minimum absolute atomic E-state index is 0.00198. The van der Waals surface area contributed by atoms with E-state index in [1.807, 2.05) is 0 Å². The van der Waals surface area contributed by atoms with Gasteiger partial charge in [0.05, 0.1) is 36.7 Å². The zero-order valence-corrected chi connectivity index (χ0v) is 20.2. The smallest absolute Gasteiger partial charge is 0.407 e. The maximum absolute atomic E-state index is 14.8. The summed E-state index contributed by atoms with van der Waals surface area (Å²) in [7, 11) is 2.71. The lowest BCUT2D eigenvalue weighted by molar-refractivity contribution is 0.0530. The Balaban J connectivity index is 1.88. The molecule has 2 heterocycles. The van der Waals surface area contributed by atoms with Crippen molar-refractivity contribution >= 4 is 28.5 Å². The molecule has 1 amide bonds. The van der Waals surface area contributed by atoms with Crippen molar-refractivity contribution in [3.63, 3.8) is 0 Å². The normalized spacial score (nSPS) is 12.3. The third-order valence-corrected chi connectivity index (χ3v) is 5.29. The Labute approximate surface area is 198 Å². The molecule has 0 bridgehead atoms. The molecule has 0 aliphatic carbocycles. The van der Waals surface area contributed by atoms with Crippen molar-refractivity contribution in [1.29, 1.82) is 0 Å². The first-order valence-corrected chi connectivity index (χ1v) is 11.3. The molecular weight excluding hydrogens is 467 g/mol. The fourth-order valence-electron chi connectivity index (χ4n) is 3.24. The molecule has 0 spiro atoms. The first-order chi connectivity index (χ1) is 16.0. The second-order valence-electron chi connectivity index (χ2n) is 8.21. The molecule has 0 aliphatic rings. The van der Waals surface area contributed by atoms with Gasteiger partial charge in [0.2, 0.25) is 0 Å². The number of pyridine rings is 1. The summed E-state index contributed by atoms with van der Waals surface area (Å²) in [5, 5.41) is 5.65. The zero-order valence-electron chi connectivity index (χ0n) is 19.4. The third kappa shape index (κ3) is 5.75. The van der Waals surface area contributed by atoms with E-state index in [2.05, 4.69) is 15.6 Å². The highest BCUT2D eigenvalue weighted by atomic mass is 32.2. The highest BCUT2D eigenvalue weighted by Crippen LogP contribution is 2.35. The van der Waals surface area contributed by atoms with Gasteiger partial charge >= 0.3 is 6.09 Å². The maximum atomic E-state index is 14.8. The first-order valence-electron chi connectivity index (χ1n) is 10.3. The predicted molar refractivity (Wildman–Crippen MR) is 124 cm³/mol. The summed E-state index contributed by atoms with van der Waals surface area (Å²) in [5.41, 5.74) is 1.05. The summed E-state index contributed by atoms with van der Waals surface area (Å²) in [5.74, 6) is -0.477. The van der Waals surface area contributed by atoms with Gasteiger partial charge in [-0.3, -0.25) is 8.61 Å². The fourth-order valence-corrected chi connectivity index (χ4v) is 3.74. The molecule has 1 atom stereocenters. The Morgan fingerprint density at radius 2 is 1.94 bits per heavy atom. The van der Waals surface area contributed by atoms with Gasteiger partial charge in [-0.2, -0.15) is 0 Å². The predicted octanol–water partition coefficient (Wildman–Crippen LogP) is 3.33. The van der Waals surface area contributed by atoms with Crippen molar-refractivity contribution in [3.05, 3.63) is 36.4 Å². The second kappa shape index (κ2) is 10.3. The van der Waals surface area contributed by atoms with Crippen molar-refractivity contribution in [2.75, 3.05) is 32.6 Å². The number of carbonyl (C=O) groups is 1. The summed E-state index contributed by atoms with van der Waals surface area (Å²) in [6.45, 7) is 5.77. The number of benzene rings is 1. The number of rotatable bonds is 8. The van der Waals surface area contributed by atoms with Crippen LogP contribution in [0.4, 0.5) is 14.9 Å². The second-order valence-corrected chi connectivity index (χ2v) is 9.12. The minimum atomic E-state index is -2.55. The summed E-state index contributed by atoms with van der Waals surface area (Å²) in [6.07, 6.45) is 2.30. The van der Waals surface area contributed by atoms with Gasteiger partial charge in [0.15, 0.2) is 11.6 Å². The number of methoxy groups -OCH3 is 2. The van der Waals surface area contributed by atoms with E-state index in [1.165, 1.54) is 43.1 Å². The molecule has 184 valence electrons. The average molecular weight is 494 g/mol. The van der Waals surface area contributed by atoms with Crippen molar-refractivity contribution in [1.82, 2.24) is 14.7 Å². The van der Waals surface area contributed by atoms with Crippen LogP contribution in [0.25, 0.3) is 16.9 Å². The van der Waals surface area contributed by atoms with E-state index >= 15 is 0 Å². The van der Waals surface area contributed by atoms with Crippen molar-refractivity contribution in [2.24, 2.45) is 0 Å². The quantitative estimate of drug-likeness (QED) is 0.361. The van der Waals surface area contributed by atoms with Gasteiger partial charge in [0, 0.05) is 30.9 Å². The Hall–Kier alpha value is -3.38. The average Bonchev–Trinajstić information content (AvgIpc) is 3.17. The Morgan fingerprint density at radius 3 is 2.56 bits per heavy atom. The molecule has 0 fully saturated rings. The molecule has 3 aromatic rings. The number of hydrogen-bond acceptors (Lipinski definition) is 8. The summed E-state index contributed by atoms with van der Waals surface area (Å²) >= 11 is -2.55. The highest BCUT2D eigenvalue weighted by molar-refractivity contribution is 7.79. The summed E-state index contributed by atoms with van der Waals surface area (Å²) < 4.78 is 55.1. The molecule has 1 unspecified atom stereocenters.